The Kier molecular flexibility index (Phi) is 5.84. The highest BCUT2D eigenvalue weighted by Gasteiger charge is 2.11. The van der Waals surface area contributed by atoms with Gasteiger partial charge >= 0.3 is 0 Å². The molecule has 120 valence electrons. The molecule has 2 rings (SSSR count). The smallest absolute Gasteiger partial charge is 0.214 e. The molecule has 0 amide bonds. The van der Waals surface area contributed by atoms with Gasteiger partial charge in [0.15, 0.2) is 17.3 Å². The molecule has 0 spiro atoms. The summed E-state index contributed by atoms with van der Waals surface area (Å²) in [4.78, 5) is 0. The first-order valence-corrected chi connectivity index (χ1v) is 8.20. The molecule has 0 radical (unpaired) electrons. The standard InChI is InChI=1S/C14H19BrN4O2S/c1-4-12-17-18-14(22)19(12)16-8-9-6-10(15)13(20-3)11(7-9)21-5-2/h6-7,16H,4-5,8H2,1-3H3,(H,18,22). The van der Waals surface area contributed by atoms with Crippen molar-refractivity contribution in [2.75, 3.05) is 19.1 Å². The quantitative estimate of drug-likeness (QED) is 0.713. The van der Waals surface area contributed by atoms with E-state index in [0.29, 0.717) is 29.4 Å². The third-order valence-electron chi connectivity index (χ3n) is 3.07. The lowest BCUT2D eigenvalue weighted by atomic mass is 10.2. The van der Waals surface area contributed by atoms with Crippen molar-refractivity contribution < 1.29 is 9.47 Å². The highest BCUT2D eigenvalue weighted by Crippen LogP contribution is 2.36. The number of hydrogen-bond acceptors (Lipinski definition) is 5. The minimum Gasteiger partial charge on any atom is -0.492 e. The number of benzene rings is 1. The topological polar surface area (TPSA) is 64.1 Å². The molecule has 8 heteroatoms. The molecule has 6 nitrogen and oxygen atoms in total. The van der Waals surface area contributed by atoms with Crippen molar-refractivity contribution in [1.82, 2.24) is 14.9 Å². The number of halogens is 1. The van der Waals surface area contributed by atoms with E-state index in [1.165, 1.54) is 0 Å². The number of ether oxygens (including phenoxy) is 2. The zero-order chi connectivity index (χ0) is 16.1. The molecule has 0 atom stereocenters. The maximum absolute atomic E-state index is 5.63. The highest BCUT2D eigenvalue weighted by molar-refractivity contribution is 9.10. The summed E-state index contributed by atoms with van der Waals surface area (Å²) in [6.07, 6.45) is 0.788. The maximum Gasteiger partial charge on any atom is 0.214 e. The maximum atomic E-state index is 5.63. The number of aryl methyl sites for hydroxylation is 1. The fourth-order valence-corrected chi connectivity index (χ4v) is 2.95. The van der Waals surface area contributed by atoms with Gasteiger partial charge in [-0.25, -0.2) is 4.68 Å². The molecular weight excluding hydrogens is 368 g/mol. The van der Waals surface area contributed by atoms with Crippen molar-refractivity contribution in [3.05, 3.63) is 32.8 Å². The predicted octanol–water partition coefficient (Wildman–Crippen LogP) is 3.42. The second kappa shape index (κ2) is 7.64. The van der Waals surface area contributed by atoms with Crippen LogP contribution >= 0.6 is 28.1 Å². The van der Waals surface area contributed by atoms with Crippen LogP contribution < -0.4 is 14.9 Å². The van der Waals surface area contributed by atoms with Crippen molar-refractivity contribution in [3.63, 3.8) is 0 Å². The van der Waals surface area contributed by atoms with E-state index in [1.807, 2.05) is 26.0 Å². The average molecular weight is 387 g/mol. The van der Waals surface area contributed by atoms with Gasteiger partial charge in [-0.2, -0.15) is 5.10 Å². The number of nitrogens with zero attached hydrogens (tertiary/aromatic N) is 2. The predicted molar refractivity (Wildman–Crippen MR) is 91.7 cm³/mol. The van der Waals surface area contributed by atoms with Crippen LogP contribution in [0.5, 0.6) is 11.5 Å². The minimum atomic E-state index is 0.550. The van der Waals surface area contributed by atoms with Gasteiger partial charge in [-0.3, -0.25) is 5.10 Å². The van der Waals surface area contributed by atoms with E-state index in [2.05, 4.69) is 31.6 Å². The molecule has 0 fully saturated rings. The lowest BCUT2D eigenvalue weighted by Gasteiger charge is -2.14. The molecule has 0 bridgehead atoms. The number of H-pyrrole nitrogens is 1. The molecule has 0 saturated heterocycles. The second-order valence-corrected chi connectivity index (χ2v) is 5.75. The fourth-order valence-electron chi connectivity index (χ4n) is 2.08. The summed E-state index contributed by atoms with van der Waals surface area (Å²) < 4.78 is 14.2. The largest absolute Gasteiger partial charge is 0.492 e. The molecule has 1 aromatic carbocycles. The lowest BCUT2D eigenvalue weighted by molar-refractivity contribution is 0.309. The van der Waals surface area contributed by atoms with Crippen LogP contribution in [-0.2, 0) is 13.0 Å². The zero-order valence-electron chi connectivity index (χ0n) is 12.8. The van der Waals surface area contributed by atoms with Crippen LogP contribution in [0.25, 0.3) is 0 Å². The molecular formula is C14H19BrN4O2S. The van der Waals surface area contributed by atoms with Gasteiger partial charge in [0.1, 0.15) is 0 Å². The zero-order valence-corrected chi connectivity index (χ0v) is 15.2. The molecule has 0 aliphatic rings. The van der Waals surface area contributed by atoms with Gasteiger partial charge in [0, 0.05) is 6.42 Å². The summed E-state index contributed by atoms with van der Waals surface area (Å²) in [6, 6.07) is 3.94. The summed E-state index contributed by atoms with van der Waals surface area (Å²) in [5, 5.41) is 6.95. The Morgan fingerprint density at radius 3 is 2.82 bits per heavy atom. The molecule has 2 N–H and O–H groups in total. The average Bonchev–Trinajstić information content (AvgIpc) is 2.85. The normalized spacial score (nSPS) is 10.5. The summed E-state index contributed by atoms with van der Waals surface area (Å²) >= 11 is 8.73. The van der Waals surface area contributed by atoms with E-state index >= 15 is 0 Å². The number of aromatic amines is 1. The SMILES string of the molecule is CCOc1cc(CNn2c(CC)n[nH]c2=S)cc(Br)c1OC. The number of hydrogen-bond donors (Lipinski definition) is 2. The van der Waals surface area contributed by atoms with E-state index in [1.54, 1.807) is 11.8 Å². The van der Waals surface area contributed by atoms with Crippen LogP contribution in [0.1, 0.15) is 25.2 Å². The summed E-state index contributed by atoms with van der Waals surface area (Å²) in [7, 11) is 1.62. The first kappa shape index (κ1) is 16.8. The van der Waals surface area contributed by atoms with Gasteiger partial charge < -0.3 is 14.9 Å². The molecule has 1 aromatic heterocycles. The number of rotatable bonds is 7. The number of nitrogens with one attached hydrogen (secondary N) is 2. The third-order valence-corrected chi connectivity index (χ3v) is 3.94. The highest BCUT2D eigenvalue weighted by atomic mass is 79.9. The Labute approximate surface area is 142 Å². The molecule has 22 heavy (non-hydrogen) atoms. The second-order valence-electron chi connectivity index (χ2n) is 4.51. The van der Waals surface area contributed by atoms with E-state index in [4.69, 9.17) is 21.7 Å². The van der Waals surface area contributed by atoms with Crippen molar-refractivity contribution in [2.45, 2.75) is 26.8 Å². The monoisotopic (exact) mass is 386 g/mol. The molecule has 0 aliphatic heterocycles. The van der Waals surface area contributed by atoms with E-state index in [0.717, 1.165) is 22.3 Å². The molecule has 0 unspecified atom stereocenters. The van der Waals surface area contributed by atoms with Crippen LogP contribution in [0.3, 0.4) is 0 Å². The summed E-state index contributed by atoms with van der Waals surface area (Å²) in [6.45, 7) is 5.13. The van der Waals surface area contributed by atoms with E-state index in [9.17, 15) is 0 Å². The van der Waals surface area contributed by atoms with Crippen LogP contribution in [0.4, 0.5) is 0 Å². The Morgan fingerprint density at radius 2 is 2.18 bits per heavy atom. The molecule has 1 heterocycles. The van der Waals surface area contributed by atoms with Gasteiger partial charge in [-0.05, 0) is 52.8 Å². The van der Waals surface area contributed by atoms with Gasteiger partial charge in [0.2, 0.25) is 4.77 Å². The number of aromatic nitrogens is 3. The minimum absolute atomic E-state index is 0.550. The number of methoxy groups -OCH3 is 1. The van der Waals surface area contributed by atoms with Crippen LogP contribution in [0, 0.1) is 4.77 Å². The Morgan fingerprint density at radius 1 is 1.41 bits per heavy atom. The third kappa shape index (κ3) is 3.61. The van der Waals surface area contributed by atoms with Crippen LogP contribution in [0.2, 0.25) is 0 Å². The Bertz CT molecular complexity index is 699. The Hall–Kier alpha value is -1.54. The van der Waals surface area contributed by atoms with Crippen LogP contribution in [-0.4, -0.2) is 28.6 Å². The van der Waals surface area contributed by atoms with Gasteiger partial charge in [-0.15, -0.1) is 0 Å². The lowest BCUT2D eigenvalue weighted by Crippen LogP contribution is -2.17. The first-order chi connectivity index (χ1) is 10.6. The molecule has 0 aliphatic carbocycles. The van der Waals surface area contributed by atoms with Gasteiger partial charge in [-0.1, -0.05) is 6.92 Å². The summed E-state index contributed by atoms with van der Waals surface area (Å²) in [5.41, 5.74) is 4.31. The fraction of sp³-hybridized carbons (Fsp3) is 0.429. The van der Waals surface area contributed by atoms with Crippen molar-refractivity contribution in [1.29, 1.82) is 0 Å². The first-order valence-electron chi connectivity index (χ1n) is 7.00. The van der Waals surface area contributed by atoms with Gasteiger partial charge in [0.25, 0.3) is 0 Å². The van der Waals surface area contributed by atoms with Crippen molar-refractivity contribution >= 4 is 28.1 Å². The van der Waals surface area contributed by atoms with Crippen LogP contribution in [0.15, 0.2) is 16.6 Å². The van der Waals surface area contributed by atoms with Gasteiger partial charge in [0.05, 0.1) is 24.7 Å². The molecule has 2 aromatic rings. The van der Waals surface area contributed by atoms with E-state index < -0.39 is 0 Å². The van der Waals surface area contributed by atoms with Crippen molar-refractivity contribution in [2.24, 2.45) is 0 Å². The molecule has 0 saturated carbocycles. The van der Waals surface area contributed by atoms with Crippen molar-refractivity contribution in [3.8, 4) is 11.5 Å². The van der Waals surface area contributed by atoms with E-state index in [-0.39, 0.29) is 0 Å². The Balaban J connectivity index is 2.23. The summed E-state index contributed by atoms with van der Waals surface area (Å²) in [5.74, 6) is 2.27.